The van der Waals surface area contributed by atoms with E-state index in [1.54, 1.807) is 12.1 Å². The molecule has 0 radical (unpaired) electrons. The summed E-state index contributed by atoms with van der Waals surface area (Å²) in [5.41, 5.74) is 9.11. The molecule has 0 fully saturated rings. The SMILES string of the molecule is N=C(/C=C(\Nc1ccc(/C(N)=C/C(N)c2cccc(O)c2)cc1)C(F)(F)F)C(F)(F)F. The highest BCUT2D eigenvalue weighted by atomic mass is 19.4. The quantitative estimate of drug-likeness (QED) is 0.325. The lowest BCUT2D eigenvalue weighted by atomic mass is 10.0. The van der Waals surface area contributed by atoms with Crippen LogP contribution in [0.5, 0.6) is 5.75 Å². The lowest BCUT2D eigenvalue weighted by molar-refractivity contribution is -0.0905. The molecule has 31 heavy (non-hydrogen) atoms. The summed E-state index contributed by atoms with van der Waals surface area (Å²) in [5, 5.41) is 18.1. The van der Waals surface area contributed by atoms with E-state index >= 15 is 0 Å². The number of hydrogen-bond acceptors (Lipinski definition) is 5. The number of aromatic hydroxyl groups is 1. The van der Waals surface area contributed by atoms with Gasteiger partial charge in [-0.15, -0.1) is 0 Å². The number of alkyl halides is 6. The number of phenolic OH excluding ortho intramolecular Hbond substituents is 1. The fraction of sp³-hybridized carbons (Fsp3) is 0.150. The zero-order chi connectivity index (χ0) is 23.4. The van der Waals surface area contributed by atoms with E-state index in [0.29, 0.717) is 11.1 Å². The molecule has 0 amide bonds. The monoisotopic (exact) mass is 444 g/mol. The zero-order valence-corrected chi connectivity index (χ0v) is 15.7. The molecule has 1 atom stereocenters. The van der Waals surface area contributed by atoms with Gasteiger partial charge in [-0.05, 0) is 47.5 Å². The van der Waals surface area contributed by atoms with Crippen LogP contribution in [0.25, 0.3) is 5.70 Å². The number of rotatable bonds is 6. The van der Waals surface area contributed by atoms with Crippen molar-refractivity contribution in [3.05, 3.63) is 77.5 Å². The number of hydrogen-bond donors (Lipinski definition) is 5. The van der Waals surface area contributed by atoms with Crippen LogP contribution in [0.4, 0.5) is 32.0 Å². The molecule has 0 heterocycles. The van der Waals surface area contributed by atoms with Gasteiger partial charge in [0.1, 0.15) is 17.2 Å². The van der Waals surface area contributed by atoms with Crippen molar-refractivity contribution in [2.75, 3.05) is 5.32 Å². The van der Waals surface area contributed by atoms with Crippen molar-refractivity contribution in [3.8, 4) is 5.75 Å². The summed E-state index contributed by atoms with van der Waals surface area (Å²) >= 11 is 0. The van der Waals surface area contributed by atoms with Crippen LogP contribution in [0.1, 0.15) is 17.2 Å². The molecule has 0 aromatic heterocycles. The average Bonchev–Trinajstić information content (AvgIpc) is 2.66. The van der Waals surface area contributed by atoms with Crippen LogP contribution >= 0.6 is 0 Å². The Balaban J connectivity index is 2.21. The van der Waals surface area contributed by atoms with E-state index in [-0.39, 0.29) is 23.2 Å². The van der Waals surface area contributed by atoms with Crippen LogP contribution in [0.15, 0.2) is 66.4 Å². The van der Waals surface area contributed by atoms with Gasteiger partial charge in [0.25, 0.3) is 0 Å². The Morgan fingerprint density at radius 3 is 2.13 bits per heavy atom. The predicted octanol–water partition coefficient (Wildman–Crippen LogP) is 4.83. The third-order valence-electron chi connectivity index (χ3n) is 4.01. The molecule has 0 bridgehead atoms. The molecule has 0 spiro atoms. The van der Waals surface area contributed by atoms with E-state index in [1.807, 2.05) is 5.32 Å². The fourth-order valence-electron chi connectivity index (χ4n) is 2.43. The topological polar surface area (TPSA) is 108 Å². The Kier molecular flexibility index (Phi) is 7.01. The Hall–Kier alpha value is -3.47. The van der Waals surface area contributed by atoms with Crippen molar-refractivity contribution in [1.82, 2.24) is 0 Å². The van der Waals surface area contributed by atoms with Gasteiger partial charge in [-0.3, -0.25) is 5.41 Å². The zero-order valence-electron chi connectivity index (χ0n) is 15.7. The largest absolute Gasteiger partial charge is 0.508 e. The summed E-state index contributed by atoms with van der Waals surface area (Å²) in [6, 6.07) is 10.6. The van der Waals surface area contributed by atoms with Crippen LogP contribution in [0.2, 0.25) is 0 Å². The maximum atomic E-state index is 13.0. The molecule has 1 unspecified atom stereocenters. The highest BCUT2D eigenvalue weighted by molar-refractivity contribution is 5.97. The first-order chi connectivity index (χ1) is 14.3. The number of nitrogens with two attached hydrogens (primary N) is 2. The van der Waals surface area contributed by atoms with Crippen molar-refractivity contribution in [2.24, 2.45) is 11.5 Å². The van der Waals surface area contributed by atoms with E-state index in [4.69, 9.17) is 16.9 Å². The van der Waals surface area contributed by atoms with Crippen LogP contribution in [-0.2, 0) is 0 Å². The lowest BCUT2D eigenvalue weighted by Crippen LogP contribution is -2.25. The Morgan fingerprint density at radius 1 is 1.00 bits per heavy atom. The van der Waals surface area contributed by atoms with Crippen LogP contribution in [0.3, 0.4) is 0 Å². The summed E-state index contributed by atoms with van der Waals surface area (Å²) in [7, 11) is 0. The standard InChI is InChI=1S/C20H18F6N4O/c21-19(22,23)17(29)10-18(20(24,25)26)30-13-6-4-11(5-7-13)15(27)9-16(28)12-2-1-3-14(31)8-12/h1-10,16,29-31H,27-28H2/b15-9-,18-10-,29-17?. The van der Waals surface area contributed by atoms with Gasteiger partial charge >= 0.3 is 12.4 Å². The van der Waals surface area contributed by atoms with Gasteiger partial charge < -0.3 is 21.9 Å². The van der Waals surface area contributed by atoms with Crippen molar-refractivity contribution in [3.63, 3.8) is 0 Å². The second kappa shape index (κ2) is 9.13. The van der Waals surface area contributed by atoms with Crippen molar-refractivity contribution >= 4 is 17.1 Å². The third kappa shape index (κ3) is 6.78. The molecule has 166 valence electrons. The lowest BCUT2D eigenvalue weighted by Gasteiger charge is -2.16. The van der Waals surface area contributed by atoms with Gasteiger partial charge in [0.15, 0.2) is 0 Å². The minimum Gasteiger partial charge on any atom is -0.508 e. The molecule has 0 aliphatic rings. The molecular formula is C20H18F6N4O. The average molecular weight is 444 g/mol. The summed E-state index contributed by atoms with van der Waals surface area (Å²) < 4.78 is 76.4. The molecular weight excluding hydrogens is 426 g/mol. The number of nitrogens with one attached hydrogen (secondary N) is 2. The number of allylic oxidation sites excluding steroid dienone is 2. The van der Waals surface area contributed by atoms with Gasteiger partial charge in [0.05, 0.1) is 6.04 Å². The van der Waals surface area contributed by atoms with Crippen LogP contribution < -0.4 is 16.8 Å². The first kappa shape index (κ1) is 23.8. The number of benzene rings is 2. The van der Waals surface area contributed by atoms with Gasteiger partial charge in [-0.25, -0.2) is 0 Å². The molecule has 11 heteroatoms. The summed E-state index contributed by atoms with van der Waals surface area (Å²) in [5.74, 6) is 0.0162. The summed E-state index contributed by atoms with van der Waals surface area (Å²) in [4.78, 5) is 0. The molecule has 7 N–H and O–H groups in total. The summed E-state index contributed by atoms with van der Waals surface area (Å²) in [6.45, 7) is 0. The minimum atomic E-state index is -5.21. The maximum Gasteiger partial charge on any atom is 0.432 e. The number of phenols is 1. The Labute approximate surface area is 173 Å². The van der Waals surface area contributed by atoms with E-state index < -0.39 is 29.8 Å². The molecule has 2 aromatic rings. The van der Waals surface area contributed by atoms with Gasteiger partial charge in [0.2, 0.25) is 0 Å². The first-order valence-electron chi connectivity index (χ1n) is 8.61. The number of halogens is 6. The highest BCUT2D eigenvalue weighted by Gasteiger charge is 2.39. The molecule has 5 nitrogen and oxygen atoms in total. The first-order valence-corrected chi connectivity index (χ1v) is 8.61. The van der Waals surface area contributed by atoms with Gasteiger partial charge in [-0.2, -0.15) is 26.3 Å². The fourth-order valence-corrected chi connectivity index (χ4v) is 2.43. The molecule has 2 aromatic carbocycles. The number of anilines is 1. The summed E-state index contributed by atoms with van der Waals surface area (Å²) in [6.07, 6.45) is -9.20. The normalized spacial score (nSPS) is 14.3. The molecule has 0 saturated carbocycles. The van der Waals surface area contributed by atoms with E-state index in [9.17, 15) is 31.4 Å². The van der Waals surface area contributed by atoms with Crippen LogP contribution in [-0.4, -0.2) is 23.2 Å². The second-order valence-corrected chi connectivity index (χ2v) is 6.41. The van der Waals surface area contributed by atoms with Crippen LogP contribution in [0, 0.1) is 5.41 Å². The second-order valence-electron chi connectivity index (χ2n) is 6.41. The van der Waals surface area contributed by atoms with Gasteiger partial charge in [-0.1, -0.05) is 24.3 Å². The van der Waals surface area contributed by atoms with E-state index in [1.165, 1.54) is 42.5 Å². The molecule has 2 rings (SSSR count). The molecule has 0 aliphatic carbocycles. The van der Waals surface area contributed by atoms with Crippen molar-refractivity contribution in [1.29, 1.82) is 5.41 Å². The Morgan fingerprint density at radius 2 is 1.61 bits per heavy atom. The van der Waals surface area contributed by atoms with Gasteiger partial charge in [0, 0.05) is 11.4 Å². The van der Waals surface area contributed by atoms with Crippen molar-refractivity contribution in [2.45, 2.75) is 18.4 Å². The highest BCUT2D eigenvalue weighted by Crippen LogP contribution is 2.29. The predicted molar refractivity (Wildman–Crippen MR) is 105 cm³/mol. The molecule has 0 aliphatic heterocycles. The minimum absolute atomic E-state index is 0.0162. The third-order valence-corrected chi connectivity index (χ3v) is 4.01. The Bertz CT molecular complexity index is 994. The van der Waals surface area contributed by atoms with Crippen molar-refractivity contribution < 1.29 is 31.4 Å². The smallest absolute Gasteiger partial charge is 0.432 e. The molecule has 0 saturated heterocycles. The van der Waals surface area contributed by atoms with E-state index in [0.717, 1.165) is 0 Å². The van der Waals surface area contributed by atoms with E-state index in [2.05, 4.69) is 0 Å². The maximum absolute atomic E-state index is 13.0.